The second kappa shape index (κ2) is 6.79. The van der Waals surface area contributed by atoms with Crippen LogP contribution >= 0.6 is 0 Å². The molecule has 0 fully saturated rings. The second-order valence-electron chi connectivity index (χ2n) is 6.65. The Morgan fingerprint density at radius 1 is 1.03 bits per heavy atom. The van der Waals surface area contributed by atoms with Gasteiger partial charge in [-0.05, 0) is 36.4 Å². The molecular formula is C22H16N4O3. The number of nitrogens with zero attached hydrogens (tertiary/aromatic N) is 2. The molecule has 0 aliphatic carbocycles. The highest BCUT2D eigenvalue weighted by molar-refractivity contribution is 5.92. The number of fused-ring (bicyclic) bond motifs is 2. The summed E-state index contributed by atoms with van der Waals surface area (Å²) >= 11 is 0. The Balaban J connectivity index is 1.39. The molecule has 0 atom stereocenters. The van der Waals surface area contributed by atoms with Crippen molar-refractivity contribution in [2.75, 3.05) is 5.32 Å². The smallest absolute Gasteiger partial charge is 0.408 e. The van der Waals surface area contributed by atoms with E-state index in [1.807, 2.05) is 42.5 Å². The number of carbonyl (C=O) groups is 1. The van der Waals surface area contributed by atoms with Gasteiger partial charge in [-0.3, -0.25) is 9.36 Å². The van der Waals surface area contributed by atoms with Crippen LogP contribution in [0.1, 0.15) is 0 Å². The largest absolute Gasteiger partial charge is 0.420 e. The minimum atomic E-state index is -0.558. The lowest BCUT2D eigenvalue weighted by molar-refractivity contribution is -0.116. The van der Waals surface area contributed by atoms with Gasteiger partial charge in [-0.1, -0.05) is 36.4 Å². The van der Waals surface area contributed by atoms with Crippen LogP contribution in [0.4, 0.5) is 5.69 Å². The van der Waals surface area contributed by atoms with Crippen molar-refractivity contribution < 1.29 is 9.21 Å². The van der Waals surface area contributed by atoms with Crippen molar-refractivity contribution in [3.8, 4) is 11.4 Å². The van der Waals surface area contributed by atoms with E-state index in [1.54, 1.807) is 30.3 Å². The molecule has 0 aliphatic rings. The van der Waals surface area contributed by atoms with Gasteiger partial charge in [0, 0.05) is 11.3 Å². The zero-order valence-electron chi connectivity index (χ0n) is 15.3. The van der Waals surface area contributed by atoms with E-state index in [4.69, 9.17) is 4.42 Å². The Morgan fingerprint density at radius 3 is 2.76 bits per heavy atom. The number of rotatable bonds is 4. The number of amides is 1. The number of nitrogens with one attached hydrogen (secondary N) is 2. The molecule has 0 bridgehead atoms. The number of oxazole rings is 1. The third-order valence-electron chi connectivity index (χ3n) is 4.68. The first kappa shape index (κ1) is 17.0. The maximum atomic E-state index is 12.5. The summed E-state index contributed by atoms with van der Waals surface area (Å²) in [6, 6.07) is 22.2. The Labute approximate surface area is 164 Å². The molecule has 0 saturated heterocycles. The zero-order valence-corrected chi connectivity index (χ0v) is 15.3. The first-order valence-corrected chi connectivity index (χ1v) is 9.11. The highest BCUT2D eigenvalue weighted by Gasteiger charge is 2.13. The topological polar surface area (TPSA) is 92.9 Å². The normalized spacial score (nSPS) is 11.2. The van der Waals surface area contributed by atoms with E-state index >= 15 is 0 Å². The lowest BCUT2D eigenvalue weighted by Gasteiger charge is -2.07. The summed E-state index contributed by atoms with van der Waals surface area (Å²) in [5.41, 5.74) is 4.34. The molecule has 2 N–H and O–H groups in total. The second-order valence-corrected chi connectivity index (χ2v) is 6.65. The van der Waals surface area contributed by atoms with Crippen LogP contribution in [0, 0.1) is 0 Å². The molecule has 0 radical (unpaired) electrons. The van der Waals surface area contributed by atoms with Gasteiger partial charge in [0.2, 0.25) is 5.91 Å². The van der Waals surface area contributed by atoms with Crippen molar-refractivity contribution in [2.45, 2.75) is 6.54 Å². The number of H-pyrrole nitrogens is 1. The molecule has 5 aromatic rings. The molecule has 1 amide bonds. The lowest BCUT2D eigenvalue weighted by atomic mass is 10.2. The van der Waals surface area contributed by atoms with Gasteiger partial charge < -0.3 is 14.7 Å². The van der Waals surface area contributed by atoms with Gasteiger partial charge in [-0.15, -0.1) is 0 Å². The molecule has 0 aliphatic heterocycles. The van der Waals surface area contributed by atoms with E-state index in [-0.39, 0.29) is 12.5 Å². The predicted molar refractivity (Wildman–Crippen MR) is 111 cm³/mol. The fraction of sp³-hybridized carbons (Fsp3) is 0.0455. The number of hydrogen-bond acceptors (Lipinski definition) is 4. The summed E-state index contributed by atoms with van der Waals surface area (Å²) in [5, 5.41) is 2.83. The fourth-order valence-corrected chi connectivity index (χ4v) is 3.34. The molecule has 142 valence electrons. The van der Waals surface area contributed by atoms with E-state index in [9.17, 15) is 9.59 Å². The van der Waals surface area contributed by atoms with Crippen LogP contribution in [0.5, 0.6) is 0 Å². The van der Waals surface area contributed by atoms with Crippen LogP contribution in [-0.4, -0.2) is 20.4 Å². The molecule has 7 heteroatoms. The van der Waals surface area contributed by atoms with E-state index < -0.39 is 5.76 Å². The quantitative estimate of drug-likeness (QED) is 0.493. The number of hydrogen-bond donors (Lipinski definition) is 2. The third kappa shape index (κ3) is 3.19. The number of carbonyl (C=O) groups excluding carboxylic acids is 1. The maximum absolute atomic E-state index is 12.5. The molecule has 2 heterocycles. The van der Waals surface area contributed by atoms with Gasteiger partial charge in [0.1, 0.15) is 12.4 Å². The Morgan fingerprint density at radius 2 is 1.86 bits per heavy atom. The summed E-state index contributed by atoms with van der Waals surface area (Å²) in [6.07, 6.45) is 0. The third-order valence-corrected chi connectivity index (χ3v) is 4.68. The fourth-order valence-electron chi connectivity index (χ4n) is 3.34. The number of imidazole rings is 1. The minimum Gasteiger partial charge on any atom is -0.408 e. The molecule has 5 rings (SSSR count). The Hall–Kier alpha value is -4.13. The monoisotopic (exact) mass is 384 g/mol. The molecule has 0 saturated carbocycles. The van der Waals surface area contributed by atoms with Crippen molar-refractivity contribution in [1.29, 1.82) is 0 Å². The SMILES string of the molecule is O=C(Cn1c(=O)oc2ccccc21)Nc1cccc(-c2nc3ccccc3[nH]2)c1. The van der Waals surface area contributed by atoms with Gasteiger partial charge in [-0.25, -0.2) is 9.78 Å². The Kier molecular flexibility index (Phi) is 3.98. The van der Waals surface area contributed by atoms with Gasteiger partial charge in [0.15, 0.2) is 5.58 Å². The van der Waals surface area contributed by atoms with Gasteiger partial charge in [0.05, 0.1) is 16.6 Å². The van der Waals surface area contributed by atoms with Crippen LogP contribution in [-0.2, 0) is 11.3 Å². The van der Waals surface area contributed by atoms with Crippen molar-refractivity contribution in [3.63, 3.8) is 0 Å². The number of anilines is 1. The first-order chi connectivity index (χ1) is 14.2. The molecule has 2 aromatic heterocycles. The van der Waals surface area contributed by atoms with E-state index in [1.165, 1.54) is 4.57 Å². The van der Waals surface area contributed by atoms with Crippen LogP contribution < -0.4 is 11.1 Å². The maximum Gasteiger partial charge on any atom is 0.420 e. The minimum absolute atomic E-state index is 0.134. The molecule has 0 spiro atoms. The average molecular weight is 384 g/mol. The first-order valence-electron chi connectivity index (χ1n) is 9.11. The zero-order chi connectivity index (χ0) is 19.8. The van der Waals surface area contributed by atoms with Crippen molar-refractivity contribution >= 4 is 33.7 Å². The number of aromatic amines is 1. The van der Waals surface area contributed by atoms with E-state index in [0.717, 1.165) is 22.4 Å². The summed E-state index contributed by atoms with van der Waals surface area (Å²) in [5.74, 6) is -0.155. The van der Waals surface area contributed by atoms with Crippen LogP contribution in [0.25, 0.3) is 33.5 Å². The van der Waals surface area contributed by atoms with Crippen LogP contribution in [0.15, 0.2) is 82.0 Å². The van der Waals surface area contributed by atoms with Gasteiger partial charge in [-0.2, -0.15) is 0 Å². The van der Waals surface area contributed by atoms with Crippen LogP contribution in [0.2, 0.25) is 0 Å². The summed E-state index contributed by atoms with van der Waals surface area (Å²) in [7, 11) is 0. The van der Waals surface area contributed by atoms with Crippen molar-refractivity contribution in [3.05, 3.63) is 83.3 Å². The van der Waals surface area contributed by atoms with Gasteiger partial charge in [0.25, 0.3) is 0 Å². The number of aromatic nitrogens is 3. The molecule has 3 aromatic carbocycles. The Bertz CT molecular complexity index is 1380. The standard InChI is InChI=1S/C22H16N4O3/c27-20(13-26-18-10-3-4-11-19(18)29-22(26)28)23-15-7-5-6-14(12-15)21-24-16-8-1-2-9-17(16)25-21/h1-12H,13H2,(H,23,27)(H,24,25). The summed E-state index contributed by atoms with van der Waals surface area (Å²) < 4.78 is 6.48. The number of benzene rings is 3. The number of para-hydroxylation sites is 4. The molecular weight excluding hydrogens is 368 g/mol. The van der Waals surface area contributed by atoms with E-state index in [2.05, 4.69) is 15.3 Å². The summed E-state index contributed by atoms with van der Waals surface area (Å²) in [4.78, 5) is 32.4. The highest BCUT2D eigenvalue weighted by atomic mass is 16.4. The van der Waals surface area contributed by atoms with E-state index in [0.29, 0.717) is 16.8 Å². The molecule has 0 unspecified atom stereocenters. The van der Waals surface area contributed by atoms with Crippen molar-refractivity contribution in [2.24, 2.45) is 0 Å². The van der Waals surface area contributed by atoms with Crippen molar-refractivity contribution in [1.82, 2.24) is 14.5 Å². The van der Waals surface area contributed by atoms with Crippen LogP contribution in [0.3, 0.4) is 0 Å². The van der Waals surface area contributed by atoms with Gasteiger partial charge >= 0.3 is 5.76 Å². The predicted octanol–water partition coefficient (Wildman–Crippen LogP) is 3.78. The summed E-state index contributed by atoms with van der Waals surface area (Å²) in [6.45, 7) is -0.134. The lowest BCUT2D eigenvalue weighted by Crippen LogP contribution is -2.24. The highest BCUT2D eigenvalue weighted by Crippen LogP contribution is 2.23. The molecule has 7 nitrogen and oxygen atoms in total. The average Bonchev–Trinajstić information content (AvgIpc) is 3.29. The molecule has 29 heavy (non-hydrogen) atoms.